The quantitative estimate of drug-likeness (QED) is 0.765. The minimum atomic E-state index is -0.936. The van der Waals surface area contributed by atoms with Gasteiger partial charge in [0, 0.05) is 38.1 Å². The van der Waals surface area contributed by atoms with Gasteiger partial charge < -0.3 is 20.1 Å². The summed E-state index contributed by atoms with van der Waals surface area (Å²) in [5.41, 5.74) is -0.193. The molecule has 8 heteroatoms. The summed E-state index contributed by atoms with van der Waals surface area (Å²) in [5, 5.41) is 16.7. The molecule has 2 N–H and O–H groups in total. The van der Waals surface area contributed by atoms with Gasteiger partial charge in [0.2, 0.25) is 0 Å². The molecule has 0 radical (unpaired) electrons. The highest BCUT2D eigenvalue weighted by Crippen LogP contribution is 2.33. The molecule has 1 aromatic heterocycles. The number of hydrogen-bond acceptors (Lipinski definition) is 6. The number of amides is 2. The van der Waals surface area contributed by atoms with E-state index >= 15 is 0 Å². The van der Waals surface area contributed by atoms with Crippen LogP contribution in [-0.4, -0.2) is 71.9 Å². The highest BCUT2D eigenvalue weighted by Gasteiger charge is 2.37. The number of carbonyl (C=O) groups is 1. The Kier molecular flexibility index (Phi) is 6.06. The molecule has 0 aromatic carbocycles. The predicted molar refractivity (Wildman–Crippen MR) is 96.5 cm³/mol. The van der Waals surface area contributed by atoms with E-state index in [0.29, 0.717) is 32.5 Å². The Bertz CT molecular complexity index is 592. The van der Waals surface area contributed by atoms with Crippen molar-refractivity contribution in [3.63, 3.8) is 0 Å². The number of nitrogens with one attached hydrogen (secondary N) is 1. The minimum Gasteiger partial charge on any atom is -0.383 e. The number of ether oxygens (including phenoxy) is 1. The number of thiazole rings is 1. The molecule has 3 heterocycles. The Labute approximate surface area is 152 Å². The van der Waals surface area contributed by atoms with Gasteiger partial charge in [-0.25, -0.2) is 9.78 Å². The molecular weight excluding hydrogens is 340 g/mol. The second-order valence-corrected chi connectivity index (χ2v) is 7.45. The van der Waals surface area contributed by atoms with E-state index in [1.807, 2.05) is 5.38 Å². The van der Waals surface area contributed by atoms with E-state index in [4.69, 9.17) is 4.74 Å². The van der Waals surface area contributed by atoms with Gasteiger partial charge in [-0.15, -0.1) is 17.9 Å². The SMILES string of the molecule is C=CCNC(=O)N1CCC(O)(c2csc(CN3CCOCC3)n2)CC1. The Hall–Kier alpha value is -1.48. The van der Waals surface area contributed by atoms with E-state index in [9.17, 15) is 9.90 Å². The van der Waals surface area contributed by atoms with Crippen molar-refractivity contribution in [2.24, 2.45) is 0 Å². The minimum absolute atomic E-state index is 0.103. The summed E-state index contributed by atoms with van der Waals surface area (Å²) < 4.78 is 5.37. The zero-order chi connectivity index (χ0) is 17.7. The predicted octanol–water partition coefficient (Wildman–Crippen LogP) is 1.15. The topological polar surface area (TPSA) is 77.9 Å². The number of aromatic nitrogens is 1. The normalized spacial score (nSPS) is 21.1. The lowest BCUT2D eigenvalue weighted by molar-refractivity contribution is -0.0200. The third-order valence-electron chi connectivity index (χ3n) is 4.77. The first-order valence-corrected chi connectivity index (χ1v) is 9.60. The van der Waals surface area contributed by atoms with E-state index in [1.54, 1.807) is 22.3 Å². The van der Waals surface area contributed by atoms with Crippen molar-refractivity contribution >= 4 is 17.4 Å². The molecule has 0 unspecified atom stereocenters. The van der Waals surface area contributed by atoms with E-state index in [2.05, 4.69) is 21.8 Å². The smallest absolute Gasteiger partial charge is 0.317 e. The number of likely N-dealkylation sites (tertiary alicyclic amines) is 1. The fourth-order valence-electron chi connectivity index (χ4n) is 3.15. The number of carbonyl (C=O) groups excluding carboxylic acids is 1. The summed E-state index contributed by atoms with van der Waals surface area (Å²) in [7, 11) is 0. The molecule has 3 rings (SSSR count). The Morgan fingerprint density at radius 1 is 1.40 bits per heavy atom. The van der Waals surface area contributed by atoms with Gasteiger partial charge in [-0.1, -0.05) is 6.08 Å². The summed E-state index contributed by atoms with van der Waals surface area (Å²) in [6.45, 7) is 9.29. The molecule has 138 valence electrons. The van der Waals surface area contributed by atoms with Gasteiger partial charge in [0.1, 0.15) is 10.6 Å². The molecular formula is C17H26N4O3S. The van der Waals surface area contributed by atoms with Crippen LogP contribution in [0.15, 0.2) is 18.0 Å². The lowest BCUT2D eigenvalue weighted by Crippen LogP contribution is -2.48. The molecule has 0 saturated carbocycles. The van der Waals surface area contributed by atoms with E-state index in [-0.39, 0.29) is 6.03 Å². The number of urea groups is 1. The number of piperidine rings is 1. The molecule has 2 aliphatic heterocycles. The fraction of sp³-hybridized carbons (Fsp3) is 0.647. The van der Waals surface area contributed by atoms with Crippen LogP contribution in [0.2, 0.25) is 0 Å². The molecule has 0 bridgehead atoms. The molecule has 0 atom stereocenters. The van der Waals surface area contributed by atoms with Crippen molar-refractivity contribution in [2.45, 2.75) is 25.0 Å². The maximum atomic E-state index is 12.0. The van der Waals surface area contributed by atoms with E-state index in [1.165, 1.54) is 0 Å². The van der Waals surface area contributed by atoms with Crippen LogP contribution in [-0.2, 0) is 16.9 Å². The maximum Gasteiger partial charge on any atom is 0.317 e. The summed E-state index contributed by atoms with van der Waals surface area (Å²) in [4.78, 5) is 20.7. The van der Waals surface area contributed by atoms with Crippen LogP contribution >= 0.6 is 11.3 Å². The van der Waals surface area contributed by atoms with Crippen LogP contribution in [0.4, 0.5) is 4.79 Å². The lowest BCUT2D eigenvalue weighted by atomic mass is 9.89. The Balaban J connectivity index is 1.55. The highest BCUT2D eigenvalue weighted by atomic mass is 32.1. The molecule has 2 amide bonds. The second kappa shape index (κ2) is 8.27. The van der Waals surface area contributed by atoms with Crippen LogP contribution in [0.3, 0.4) is 0 Å². The highest BCUT2D eigenvalue weighted by molar-refractivity contribution is 7.09. The van der Waals surface area contributed by atoms with Crippen molar-refractivity contribution < 1.29 is 14.6 Å². The van der Waals surface area contributed by atoms with Gasteiger partial charge in [0.15, 0.2) is 0 Å². The van der Waals surface area contributed by atoms with Crippen molar-refractivity contribution in [3.05, 3.63) is 28.7 Å². The van der Waals surface area contributed by atoms with Gasteiger partial charge in [0.25, 0.3) is 0 Å². The molecule has 0 spiro atoms. The van der Waals surface area contributed by atoms with Crippen molar-refractivity contribution in [1.82, 2.24) is 20.1 Å². The molecule has 2 fully saturated rings. The first-order chi connectivity index (χ1) is 12.1. The molecule has 2 saturated heterocycles. The molecule has 7 nitrogen and oxygen atoms in total. The number of rotatable bonds is 5. The molecule has 2 aliphatic rings. The summed E-state index contributed by atoms with van der Waals surface area (Å²) >= 11 is 1.60. The van der Waals surface area contributed by atoms with Gasteiger partial charge >= 0.3 is 6.03 Å². The van der Waals surface area contributed by atoms with Gasteiger partial charge in [0.05, 0.1) is 25.5 Å². The van der Waals surface area contributed by atoms with Crippen molar-refractivity contribution in [1.29, 1.82) is 0 Å². The van der Waals surface area contributed by atoms with Gasteiger partial charge in [-0.05, 0) is 12.8 Å². The molecule has 0 aliphatic carbocycles. The third kappa shape index (κ3) is 4.58. The maximum absolute atomic E-state index is 12.0. The second-order valence-electron chi connectivity index (χ2n) is 6.51. The first kappa shape index (κ1) is 18.3. The lowest BCUT2D eigenvalue weighted by Gasteiger charge is -2.37. The summed E-state index contributed by atoms with van der Waals surface area (Å²) in [6, 6.07) is -0.103. The average Bonchev–Trinajstić information content (AvgIpc) is 3.10. The molecule has 25 heavy (non-hydrogen) atoms. The average molecular weight is 366 g/mol. The zero-order valence-electron chi connectivity index (χ0n) is 14.4. The van der Waals surface area contributed by atoms with Crippen LogP contribution < -0.4 is 5.32 Å². The Morgan fingerprint density at radius 2 is 2.12 bits per heavy atom. The summed E-state index contributed by atoms with van der Waals surface area (Å²) in [6.07, 6.45) is 2.67. The summed E-state index contributed by atoms with van der Waals surface area (Å²) in [5.74, 6) is 0. The zero-order valence-corrected chi connectivity index (χ0v) is 15.3. The fourth-order valence-corrected chi connectivity index (χ4v) is 4.08. The standard InChI is InChI=1S/C17H26N4O3S/c1-2-5-18-16(22)21-6-3-17(23,4-7-21)14-13-25-15(19-14)12-20-8-10-24-11-9-20/h2,13,23H,1,3-12H2,(H,18,22). The first-order valence-electron chi connectivity index (χ1n) is 8.72. The van der Waals surface area contributed by atoms with Crippen LogP contribution in [0.1, 0.15) is 23.5 Å². The monoisotopic (exact) mass is 366 g/mol. The van der Waals surface area contributed by atoms with Crippen LogP contribution in [0.25, 0.3) is 0 Å². The molecule has 1 aromatic rings. The third-order valence-corrected chi connectivity index (χ3v) is 5.60. The number of morpholine rings is 1. The van der Waals surface area contributed by atoms with Gasteiger partial charge in [-0.2, -0.15) is 0 Å². The largest absolute Gasteiger partial charge is 0.383 e. The van der Waals surface area contributed by atoms with Crippen molar-refractivity contribution in [3.8, 4) is 0 Å². The Morgan fingerprint density at radius 3 is 2.80 bits per heavy atom. The van der Waals surface area contributed by atoms with Crippen molar-refractivity contribution in [2.75, 3.05) is 45.9 Å². The van der Waals surface area contributed by atoms with Crippen LogP contribution in [0.5, 0.6) is 0 Å². The number of aliphatic hydroxyl groups is 1. The number of nitrogens with zero attached hydrogens (tertiary/aromatic N) is 3. The van der Waals surface area contributed by atoms with E-state index < -0.39 is 5.60 Å². The number of hydrogen-bond donors (Lipinski definition) is 2. The van der Waals surface area contributed by atoms with E-state index in [0.717, 1.165) is 43.5 Å². The van der Waals surface area contributed by atoms with Gasteiger partial charge in [-0.3, -0.25) is 4.90 Å². The van der Waals surface area contributed by atoms with Crippen LogP contribution in [0, 0.1) is 0 Å².